The van der Waals surface area contributed by atoms with E-state index >= 15 is 0 Å². The maximum absolute atomic E-state index is 13.4. The third kappa shape index (κ3) is 6.44. The average molecular weight is 506 g/mol. The molecule has 0 radical (unpaired) electrons. The number of halogens is 3. The van der Waals surface area contributed by atoms with E-state index in [4.69, 9.17) is 4.74 Å². The number of hydrogen-bond acceptors (Lipinski definition) is 6. The zero-order chi connectivity index (χ0) is 25.4. The Bertz CT molecular complexity index is 944. The van der Waals surface area contributed by atoms with Crippen LogP contribution in [0.2, 0.25) is 0 Å². The van der Waals surface area contributed by atoms with Crippen LogP contribution in [0.25, 0.3) is 0 Å². The molecule has 0 spiro atoms. The first-order valence-corrected chi connectivity index (χ1v) is 13.4. The zero-order valence-electron chi connectivity index (χ0n) is 20.8. The monoisotopic (exact) mass is 505 g/mol. The molecule has 0 amide bonds. The highest BCUT2D eigenvalue weighted by Gasteiger charge is 2.47. The number of likely N-dealkylation sites (tertiary alicyclic amines) is 1. The van der Waals surface area contributed by atoms with Gasteiger partial charge >= 0.3 is 5.51 Å². The van der Waals surface area contributed by atoms with E-state index in [9.17, 15) is 21.6 Å². The van der Waals surface area contributed by atoms with E-state index in [1.807, 2.05) is 13.8 Å². The van der Waals surface area contributed by atoms with Gasteiger partial charge in [-0.25, -0.2) is 8.42 Å². The van der Waals surface area contributed by atoms with Crippen LogP contribution in [0.4, 0.5) is 18.9 Å². The average Bonchev–Trinajstić information content (AvgIpc) is 2.73. The largest absolute Gasteiger partial charge is 0.501 e. The molecule has 0 unspecified atom stereocenters. The van der Waals surface area contributed by atoms with Crippen molar-refractivity contribution in [3.05, 3.63) is 23.8 Å². The molecule has 1 aromatic rings. The Morgan fingerprint density at radius 2 is 1.53 bits per heavy atom. The number of morpholine rings is 1. The van der Waals surface area contributed by atoms with Gasteiger partial charge in [-0.1, -0.05) is 0 Å². The number of piperidine rings is 1. The van der Waals surface area contributed by atoms with Gasteiger partial charge in [-0.15, -0.1) is 0 Å². The zero-order valence-corrected chi connectivity index (χ0v) is 21.7. The van der Waals surface area contributed by atoms with Gasteiger partial charge in [0.2, 0.25) is 0 Å². The Kier molecular flexibility index (Phi) is 7.97. The lowest BCUT2D eigenvalue weighted by molar-refractivity contribution is -0.0436. The fourth-order valence-corrected chi connectivity index (χ4v) is 5.70. The van der Waals surface area contributed by atoms with E-state index in [1.54, 1.807) is 6.07 Å². The molecule has 34 heavy (non-hydrogen) atoms. The van der Waals surface area contributed by atoms with Crippen LogP contribution in [-0.4, -0.2) is 80.2 Å². The number of anilines is 1. The summed E-state index contributed by atoms with van der Waals surface area (Å²) in [5.41, 5.74) is -4.66. The molecule has 0 bridgehead atoms. The quantitative estimate of drug-likeness (QED) is 0.622. The van der Waals surface area contributed by atoms with Crippen molar-refractivity contribution >= 4 is 15.5 Å². The van der Waals surface area contributed by atoms with Gasteiger partial charge in [0, 0.05) is 49.0 Å². The fraction of sp³-hybridized carbons (Fsp3) is 0.750. The van der Waals surface area contributed by atoms with E-state index in [1.165, 1.54) is 6.07 Å². The van der Waals surface area contributed by atoms with Crippen LogP contribution in [0.3, 0.4) is 0 Å². The molecule has 10 heteroatoms. The molecule has 1 aromatic carbocycles. The molecule has 1 N–H and O–H groups in total. The van der Waals surface area contributed by atoms with E-state index in [0.717, 1.165) is 45.1 Å². The Labute approximate surface area is 201 Å². The minimum Gasteiger partial charge on any atom is -0.382 e. The second-order valence-corrected chi connectivity index (χ2v) is 12.9. The molecular weight excluding hydrogens is 467 g/mol. The van der Waals surface area contributed by atoms with Crippen molar-refractivity contribution in [1.82, 2.24) is 9.80 Å². The van der Waals surface area contributed by atoms with E-state index in [-0.39, 0.29) is 17.1 Å². The molecule has 0 aromatic heterocycles. The van der Waals surface area contributed by atoms with Crippen LogP contribution in [0.1, 0.15) is 53.0 Å². The SMILES string of the molecule is CC(C)(C)N1CCC(Nc2cc(CC(C)(C)N3CCOCC3)cc(S(=O)(=O)C(F)(F)F)c2)CC1. The van der Waals surface area contributed by atoms with Crippen LogP contribution in [-0.2, 0) is 21.0 Å². The van der Waals surface area contributed by atoms with Crippen molar-refractivity contribution in [3.8, 4) is 0 Å². The first kappa shape index (κ1) is 27.2. The number of rotatable bonds is 6. The molecule has 2 aliphatic rings. The third-order valence-corrected chi connectivity index (χ3v) is 8.37. The molecule has 194 valence electrons. The van der Waals surface area contributed by atoms with Gasteiger partial charge in [0.05, 0.1) is 18.1 Å². The molecule has 2 saturated heterocycles. The van der Waals surface area contributed by atoms with Gasteiger partial charge in [0.1, 0.15) is 0 Å². The maximum Gasteiger partial charge on any atom is 0.501 e. The minimum absolute atomic E-state index is 0.0594. The Balaban J connectivity index is 1.86. The summed E-state index contributed by atoms with van der Waals surface area (Å²) < 4.78 is 70.2. The fourth-order valence-electron chi connectivity index (χ4n) is 4.85. The number of ether oxygens (including phenoxy) is 1. The van der Waals surface area contributed by atoms with Crippen molar-refractivity contribution in [1.29, 1.82) is 0 Å². The summed E-state index contributed by atoms with van der Waals surface area (Å²) in [6, 6.07) is 4.18. The number of sulfone groups is 1. The van der Waals surface area contributed by atoms with Gasteiger partial charge in [-0.05, 0) is 77.6 Å². The van der Waals surface area contributed by atoms with Crippen LogP contribution < -0.4 is 5.32 Å². The molecule has 6 nitrogen and oxygen atoms in total. The Hall–Kier alpha value is -1.36. The van der Waals surface area contributed by atoms with Gasteiger partial charge in [0.15, 0.2) is 0 Å². The summed E-state index contributed by atoms with van der Waals surface area (Å²) in [5, 5.41) is 3.33. The smallest absolute Gasteiger partial charge is 0.382 e. The van der Waals surface area contributed by atoms with Crippen molar-refractivity contribution in [2.45, 2.75) is 81.4 Å². The third-order valence-electron chi connectivity index (χ3n) is 6.90. The van der Waals surface area contributed by atoms with Crippen molar-refractivity contribution < 1.29 is 26.3 Å². The molecular formula is C24H38F3N3O3S. The second-order valence-electron chi connectivity index (χ2n) is 11.0. The number of nitrogens with one attached hydrogen (secondary N) is 1. The highest BCUT2D eigenvalue weighted by molar-refractivity contribution is 7.92. The first-order chi connectivity index (χ1) is 15.6. The summed E-state index contributed by atoms with van der Waals surface area (Å²) in [7, 11) is -5.45. The minimum atomic E-state index is -5.45. The Morgan fingerprint density at radius 1 is 0.941 bits per heavy atom. The number of nitrogens with zero attached hydrogens (tertiary/aromatic N) is 2. The van der Waals surface area contributed by atoms with Crippen LogP contribution in [0.5, 0.6) is 0 Å². The van der Waals surface area contributed by atoms with Gasteiger partial charge in [-0.3, -0.25) is 9.80 Å². The van der Waals surface area contributed by atoms with E-state index in [2.05, 4.69) is 35.9 Å². The molecule has 0 saturated carbocycles. The lowest BCUT2D eigenvalue weighted by Crippen LogP contribution is -2.51. The Morgan fingerprint density at radius 3 is 2.06 bits per heavy atom. The van der Waals surface area contributed by atoms with Crippen LogP contribution in [0, 0.1) is 0 Å². The predicted octanol–water partition coefficient (Wildman–Crippen LogP) is 4.31. The number of benzene rings is 1. The maximum atomic E-state index is 13.4. The van der Waals surface area contributed by atoms with Crippen LogP contribution in [0.15, 0.2) is 23.1 Å². The highest BCUT2D eigenvalue weighted by Crippen LogP contribution is 2.34. The lowest BCUT2D eigenvalue weighted by atomic mass is 9.92. The van der Waals surface area contributed by atoms with E-state index < -0.39 is 20.2 Å². The van der Waals surface area contributed by atoms with Crippen molar-refractivity contribution in [2.75, 3.05) is 44.7 Å². The number of hydrogen-bond donors (Lipinski definition) is 1. The summed E-state index contributed by atoms with van der Waals surface area (Å²) in [5.74, 6) is 0. The van der Waals surface area contributed by atoms with Crippen molar-refractivity contribution in [3.63, 3.8) is 0 Å². The molecule has 2 aliphatic heterocycles. The van der Waals surface area contributed by atoms with E-state index in [0.29, 0.717) is 30.9 Å². The standard InChI is InChI=1S/C24H38F3N3O3S/c1-22(2,3)29-8-6-19(7-9-29)28-20-14-18(15-21(16-20)34(31,32)24(25,26)27)17-23(4,5)30-10-12-33-13-11-30/h14-16,19,28H,6-13,17H2,1-5H3. The molecule has 2 heterocycles. The van der Waals surface area contributed by atoms with Gasteiger partial charge in [0.25, 0.3) is 9.84 Å². The van der Waals surface area contributed by atoms with Crippen LogP contribution >= 0.6 is 0 Å². The first-order valence-electron chi connectivity index (χ1n) is 11.9. The summed E-state index contributed by atoms with van der Waals surface area (Å²) in [4.78, 5) is 3.91. The summed E-state index contributed by atoms with van der Waals surface area (Å²) >= 11 is 0. The van der Waals surface area contributed by atoms with Gasteiger partial charge in [-0.2, -0.15) is 13.2 Å². The second kappa shape index (κ2) is 9.95. The lowest BCUT2D eigenvalue weighted by Gasteiger charge is -2.41. The number of alkyl halides is 3. The summed E-state index contributed by atoms with van der Waals surface area (Å²) in [6.45, 7) is 14.9. The molecule has 0 atom stereocenters. The molecule has 3 rings (SSSR count). The topological polar surface area (TPSA) is 61.9 Å². The summed E-state index contributed by atoms with van der Waals surface area (Å²) in [6.07, 6.45) is 2.09. The molecule has 2 fully saturated rings. The van der Waals surface area contributed by atoms with Gasteiger partial charge < -0.3 is 10.1 Å². The highest BCUT2D eigenvalue weighted by atomic mass is 32.2. The predicted molar refractivity (Wildman–Crippen MR) is 128 cm³/mol. The normalized spacial score (nSPS) is 20.5. The van der Waals surface area contributed by atoms with Crippen molar-refractivity contribution in [2.24, 2.45) is 0 Å². The molecule has 0 aliphatic carbocycles.